The van der Waals surface area contributed by atoms with Crippen LogP contribution in [-0.4, -0.2) is 58.6 Å². The van der Waals surface area contributed by atoms with Crippen LogP contribution in [0.1, 0.15) is 61.7 Å². The van der Waals surface area contributed by atoms with Gasteiger partial charge in [0.1, 0.15) is 27.9 Å². The van der Waals surface area contributed by atoms with Crippen LogP contribution in [-0.2, 0) is 11.3 Å². The second-order valence-corrected chi connectivity index (χ2v) is 13.7. The average Bonchev–Trinajstić information content (AvgIpc) is 3.38. The maximum atomic E-state index is 14.8. The van der Waals surface area contributed by atoms with E-state index < -0.39 is 23.1 Å². The maximum absolute atomic E-state index is 14.8. The number of halogens is 3. The molecule has 4 aromatic rings. The number of methoxy groups -OCH3 is 1. The lowest BCUT2D eigenvalue weighted by Crippen LogP contribution is -2.47. The molecule has 0 unspecified atom stereocenters. The third-order valence-electron chi connectivity index (χ3n) is 8.04. The molecule has 45 heavy (non-hydrogen) atoms. The second kappa shape index (κ2) is 13.3. The molecular formula is C34H36ClF2N3O4S. The van der Waals surface area contributed by atoms with Gasteiger partial charge < -0.3 is 19.3 Å². The van der Waals surface area contributed by atoms with Crippen molar-refractivity contribution in [2.24, 2.45) is 0 Å². The van der Waals surface area contributed by atoms with Gasteiger partial charge in [0.15, 0.2) is 0 Å². The van der Waals surface area contributed by atoms with Crippen molar-refractivity contribution >= 4 is 45.0 Å². The van der Waals surface area contributed by atoms with Gasteiger partial charge in [-0.25, -0.2) is 13.6 Å². The number of fused-ring (bicyclic) bond motifs is 1. The van der Waals surface area contributed by atoms with Crippen molar-refractivity contribution in [3.63, 3.8) is 0 Å². The number of amides is 2. The van der Waals surface area contributed by atoms with Gasteiger partial charge in [0.2, 0.25) is 0 Å². The van der Waals surface area contributed by atoms with Gasteiger partial charge in [0, 0.05) is 38.1 Å². The molecule has 238 valence electrons. The topological polar surface area (TPSA) is 72.0 Å². The summed E-state index contributed by atoms with van der Waals surface area (Å²) in [6.07, 6.45) is 5.53. The zero-order valence-corrected chi connectivity index (χ0v) is 27.5. The third kappa shape index (κ3) is 7.23. The van der Waals surface area contributed by atoms with Gasteiger partial charge in [-0.1, -0.05) is 11.6 Å². The van der Waals surface area contributed by atoms with E-state index in [1.54, 1.807) is 36.4 Å². The summed E-state index contributed by atoms with van der Waals surface area (Å²) in [7, 11) is 3.32. The van der Waals surface area contributed by atoms with Crippen LogP contribution in [0.3, 0.4) is 0 Å². The fraction of sp³-hybridized carbons (Fsp3) is 0.382. The van der Waals surface area contributed by atoms with Crippen molar-refractivity contribution in [1.29, 1.82) is 0 Å². The maximum Gasteiger partial charge on any atom is 0.410 e. The van der Waals surface area contributed by atoms with Gasteiger partial charge in [-0.15, -0.1) is 11.3 Å². The number of pyridine rings is 1. The van der Waals surface area contributed by atoms with Crippen LogP contribution < -0.4 is 4.74 Å². The van der Waals surface area contributed by atoms with Crippen molar-refractivity contribution in [3.05, 3.63) is 82.0 Å². The average molecular weight is 656 g/mol. The molecule has 2 heterocycles. The van der Waals surface area contributed by atoms with E-state index in [0.717, 1.165) is 40.2 Å². The van der Waals surface area contributed by atoms with Crippen LogP contribution in [0.25, 0.3) is 21.2 Å². The molecule has 2 aromatic carbocycles. The van der Waals surface area contributed by atoms with Crippen LogP contribution in [0, 0.1) is 11.6 Å². The predicted octanol–water partition coefficient (Wildman–Crippen LogP) is 8.72. The monoisotopic (exact) mass is 655 g/mol. The first kappa shape index (κ1) is 32.6. The van der Waals surface area contributed by atoms with Gasteiger partial charge in [-0.3, -0.25) is 9.78 Å². The molecule has 0 spiro atoms. The van der Waals surface area contributed by atoms with Crippen molar-refractivity contribution in [3.8, 4) is 16.9 Å². The number of carbonyl (C=O) groups is 2. The van der Waals surface area contributed by atoms with E-state index in [1.807, 2.05) is 51.1 Å². The molecule has 0 atom stereocenters. The standard InChI is InChI=1S/C34H36ClF2N3O4S/c1-34(2,3)44-33(42)39(4)23-6-8-24(9-7-23)40(32(41)31-29(35)28-26(36)10-11-27(37)30(28)45-31)19-20-16-22(18-25(17-20)43-5)21-12-14-38-15-13-21/h10-18,23-24H,6-9,19H2,1-5H3. The number of carbonyl (C=O) groups excluding carboxylic acids is 2. The number of rotatable bonds is 7. The highest BCUT2D eigenvalue weighted by Crippen LogP contribution is 2.40. The summed E-state index contributed by atoms with van der Waals surface area (Å²) in [4.78, 5) is 34.6. The number of ether oxygens (including phenoxy) is 2. The first-order valence-corrected chi connectivity index (χ1v) is 16.0. The normalized spacial score (nSPS) is 16.8. The van der Waals surface area contributed by atoms with Gasteiger partial charge >= 0.3 is 6.09 Å². The van der Waals surface area contributed by atoms with Crippen LogP contribution in [0.2, 0.25) is 5.02 Å². The van der Waals surface area contributed by atoms with Crippen molar-refractivity contribution in [2.75, 3.05) is 14.2 Å². The molecule has 1 saturated carbocycles. The fourth-order valence-electron chi connectivity index (χ4n) is 5.75. The molecule has 2 aromatic heterocycles. The SMILES string of the molecule is COc1cc(CN(C(=O)c2sc3c(F)ccc(F)c3c2Cl)C2CCC(N(C)C(=O)OC(C)(C)C)CC2)cc(-c2ccncc2)c1. The summed E-state index contributed by atoms with van der Waals surface area (Å²) in [5.41, 5.74) is 2.04. The Bertz CT molecular complexity index is 1700. The minimum absolute atomic E-state index is 0.00680. The number of nitrogens with zero attached hydrogens (tertiary/aromatic N) is 3. The molecule has 1 aliphatic carbocycles. The first-order chi connectivity index (χ1) is 21.4. The number of hydrogen-bond donors (Lipinski definition) is 0. The number of benzene rings is 2. The summed E-state index contributed by atoms with van der Waals surface area (Å²) in [5, 5.41) is -0.183. The molecule has 0 saturated heterocycles. The number of hydrogen-bond acceptors (Lipinski definition) is 6. The summed E-state index contributed by atoms with van der Waals surface area (Å²) in [5.74, 6) is -1.10. The van der Waals surface area contributed by atoms with E-state index in [0.29, 0.717) is 31.4 Å². The Labute approximate surface area is 270 Å². The van der Waals surface area contributed by atoms with Gasteiger partial charge in [-0.2, -0.15) is 0 Å². The van der Waals surface area contributed by atoms with Crippen LogP contribution in [0.4, 0.5) is 13.6 Å². The highest BCUT2D eigenvalue weighted by molar-refractivity contribution is 7.21. The molecule has 0 bridgehead atoms. The molecule has 0 radical (unpaired) electrons. The molecule has 7 nitrogen and oxygen atoms in total. The summed E-state index contributed by atoms with van der Waals surface area (Å²) < 4.78 is 40.6. The second-order valence-electron chi connectivity index (χ2n) is 12.3. The molecule has 1 aliphatic rings. The van der Waals surface area contributed by atoms with E-state index in [4.69, 9.17) is 21.1 Å². The van der Waals surface area contributed by atoms with Crippen molar-refractivity contribution in [2.45, 2.75) is 70.7 Å². The highest BCUT2D eigenvalue weighted by atomic mass is 35.5. The third-order valence-corrected chi connectivity index (χ3v) is 9.72. The smallest absolute Gasteiger partial charge is 0.410 e. The zero-order valence-electron chi connectivity index (χ0n) is 25.9. The van der Waals surface area contributed by atoms with Crippen molar-refractivity contribution < 1.29 is 27.8 Å². The van der Waals surface area contributed by atoms with Crippen LogP contribution in [0.15, 0.2) is 54.9 Å². The Morgan fingerprint density at radius 1 is 0.978 bits per heavy atom. The molecule has 5 rings (SSSR count). The molecular weight excluding hydrogens is 620 g/mol. The van der Waals surface area contributed by atoms with E-state index in [2.05, 4.69) is 4.98 Å². The zero-order chi connectivity index (χ0) is 32.5. The van der Waals surface area contributed by atoms with E-state index in [1.165, 1.54) is 0 Å². The summed E-state index contributed by atoms with van der Waals surface area (Å²) in [6, 6.07) is 11.3. The Hall–Kier alpha value is -3.76. The Kier molecular flexibility index (Phi) is 9.65. The summed E-state index contributed by atoms with van der Waals surface area (Å²) >= 11 is 7.45. The Morgan fingerprint density at radius 3 is 2.24 bits per heavy atom. The minimum atomic E-state index is -0.682. The largest absolute Gasteiger partial charge is 0.497 e. The molecule has 11 heteroatoms. The van der Waals surface area contributed by atoms with E-state index in [9.17, 15) is 18.4 Å². The molecule has 0 N–H and O–H groups in total. The Balaban J connectivity index is 1.48. The van der Waals surface area contributed by atoms with Gasteiger partial charge in [0.25, 0.3) is 5.91 Å². The van der Waals surface area contributed by atoms with Crippen molar-refractivity contribution in [1.82, 2.24) is 14.8 Å². The molecule has 0 aliphatic heterocycles. The van der Waals surface area contributed by atoms with E-state index >= 15 is 0 Å². The fourth-order valence-corrected chi connectivity index (χ4v) is 7.26. The first-order valence-electron chi connectivity index (χ1n) is 14.8. The number of thiophene rings is 1. The Morgan fingerprint density at radius 2 is 1.62 bits per heavy atom. The molecule has 1 fully saturated rings. The van der Waals surface area contributed by atoms with Gasteiger partial charge in [-0.05, 0) is 106 Å². The van der Waals surface area contributed by atoms with Gasteiger partial charge in [0.05, 0.1) is 22.2 Å². The van der Waals surface area contributed by atoms with Crippen LogP contribution >= 0.6 is 22.9 Å². The number of aromatic nitrogens is 1. The lowest BCUT2D eigenvalue weighted by atomic mass is 9.89. The summed E-state index contributed by atoms with van der Waals surface area (Å²) in [6.45, 7) is 5.69. The lowest BCUT2D eigenvalue weighted by molar-refractivity contribution is 0.0144. The van der Waals surface area contributed by atoms with Crippen LogP contribution in [0.5, 0.6) is 5.75 Å². The van der Waals surface area contributed by atoms with E-state index in [-0.39, 0.29) is 44.7 Å². The predicted molar refractivity (Wildman–Crippen MR) is 173 cm³/mol. The molecule has 2 amide bonds. The minimum Gasteiger partial charge on any atom is -0.497 e. The lowest BCUT2D eigenvalue weighted by Gasteiger charge is -2.40. The quantitative estimate of drug-likeness (QED) is 0.199. The highest BCUT2D eigenvalue weighted by Gasteiger charge is 2.35.